The third kappa shape index (κ3) is 6.54. The number of ether oxygens (including phenoxy) is 1. The summed E-state index contributed by atoms with van der Waals surface area (Å²) in [4.78, 5) is 27.4. The van der Waals surface area contributed by atoms with Crippen LogP contribution in [0, 0.1) is 11.8 Å². The van der Waals surface area contributed by atoms with Crippen molar-refractivity contribution in [3.05, 3.63) is 0 Å². The minimum atomic E-state index is -2.39. The zero-order valence-electron chi connectivity index (χ0n) is 23.6. The van der Waals surface area contributed by atoms with Crippen LogP contribution in [0.3, 0.4) is 0 Å². The van der Waals surface area contributed by atoms with Crippen LogP contribution < -0.4 is 5.32 Å². The second-order valence-corrected chi connectivity index (χ2v) is 24.4. The predicted molar refractivity (Wildman–Crippen MR) is 148 cm³/mol. The van der Waals surface area contributed by atoms with Crippen LogP contribution in [0.15, 0.2) is 0 Å². The molecule has 0 radical (unpaired) electrons. The Morgan fingerprint density at radius 3 is 2.23 bits per heavy atom. The minimum absolute atomic E-state index is 0.0453. The Bertz CT molecular complexity index is 756. The number of carbonyl (C=O) groups excluding carboxylic acids is 2. The SMILES string of the molecule is CC(C)(C)[Si](C)(C)O[C@@H](C1CCCCC1)[C@@]1(C(=O)OCC[Si](C)(C)C)NC(=O)[C@H](CCCl)[C@]1(C)O. The maximum Gasteiger partial charge on any atom is 0.337 e. The van der Waals surface area contributed by atoms with Gasteiger partial charge in [0.15, 0.2) is 13.9 Å². The molecule has 1 saturated heterocycles. The van der Waals surface area contributed by atoms with Crippen molar-refractivity contribution in [1.29, 1.82) is 0 Å². The summed E-state index contributed by atoms with van der Waals surface area (Å²) in [6.07, 6.45) is 4.65. The number of aliphatic hydroxyl groups is 1. The molecule has 204 valence electrons. The van der Waals surface area contributed by atoms with Crippen LogP contribution in [0.1, 0.15) is 66.2 Å². The lowest BCUT2D eigenvalue weighted by Gasteiger charge is -2.51. The van der Waals surface area contributed by atoms with Crippen molar-refractivity contribution in [3.63, 3.8) is 0 Å². The van der Waals surface area contributed by atoms with Gasteiger partial charge in [-0.05, 0) is 56.3 Å². The molecule has 2 rings (SSSR count). The number of nitrogens with one attached hydrogen (secondary N) is 1. The molecule has 1 saturated carbocycles. The number of amides is 1. The maximum absolute atomic E-state index is 14.1. The summed E-state index contributed by atoms with van der Waals surface area (Å²) < 4.78 is 13.0. The molecule has 1 heterocycles. The highest BCUT2D eigenvalue weighted by Gasteiger charge is 2.71. The predicted octanol–water partition coefficient (Wildman–Crippen LogP) is 5.70. The van der Waals surface area contributed by atoms with Gasteiger partial charge in [-0.3, -0.25) is 4.79 Å². The van der Waals surface area contributed by atoms with E-state index in [-0.39, 0.29) is 35.8 Å². The monoisotopic (exact) mass is 547 g/mol. The van der Waals surface area contributed by atoms with Crippen LogP contribution in [-0.2, 0) is 18.8 Å². The summed E-state index contributed by atoms with van der Waals surface area (Å²) in [6, 6.07) is 0.813. The van der Waals surface area contributed by atoms with Crippen molar-refractivity contribution in [2.45, 2.75) is 127 Å². The molecule has 0 aromatic heterocycles. The third-order valence-electron chi connectivity index (χ3n) is 8.65. The average molecular weight is 548 g/mol. The van der Waals surface area contributed by atoms with E-state index in [0.29, 0.717) is 0 Å². The summed E-state index contributed by atoms with van der Waals surface area (Å²) >= 11 is 6.05. The molecule has 2 aliphatic rings. The number of esters is 1. The number of alkyl halides is 1. The molecular weight excluding hydrogens is 498 g/mol. The van der Waals surface area contributed by atoms with Crippen molar-refractivity contribution in [2.75, 3.05) is 12.5 Å². The van der Waals surface area contributed by atoms with Gasteiger partial charge < -0.3 is 19.6 Å². The van der Waals surface area contributed by atoms with Crippen molar-refractivity contribution < 1.29 is 23.9 Å². The van der Waals surface area contributed by atoms with E-state index in [2.05, 4.69) is 58.8 Å². The van der Waals surface area contributed by atoms with Gasteiger partial charge in [-0.25, -0.2) is 4.79 Å². The maximum atomic E-state index is 14.1. The van der Waals surface area contributed by atoms with E-state index in [0.717, 1.165) is 38.1 Å². The average Bonchev–Trinajstić information content (AvgIpc) is 2.92. The molecule has 0 aromatic rings. The van der Waals surface area contributed by atoms with Gasteiger partial charge in [0, 0.05) is 14.0 Å². The van der Waals surface area contributed by atoms with Crippen LogP contribution >= 0.6 is 11.6 Å². The first-order valence-electron chi connectivity index (χ1n) is 13.4. The molecule has 2 fully saturated rings. The van der Waals surface area contributed by atoms with Crippen LogP contribution in [-0.4, -0.2) is 63.1 Å². The molecular formula is C26H50ClNO5Si2. The summed E-state index contributed by atoms with van der Waals surface area (Å²) in [5.74, 6) is -1.47. The number of hydrogen-bond donors (Lipinski definition) is 2. The van der Waals surface area contributed by atoms with Crippen LogP contribution in [0.25, 0.3) is 0 Å². The fraction of sp³-hybridized carbons (Fsp3) is 0.923. The lowest BCUT2D eigenvalue weighted by atomic mass is 9.67. The number of hydrogen-bond acceptors (Lipinski definition) is 5. The van der Waals surface area contributed by atoms with Crippen molar-refractivity contribution in [1.82, 2.24) is 5.32 Å². The summed E-state index contributed by atoms with van der Waals surface area (Å²) in [5, 5.41) is 15.0. The van der Waals surface area contributed by atoms with Gasteiger partial charge in [-0.2, -0.15) is 0 Å². The smallest absolute Gasteiger partial charge is 0.337 e. The van der Waals surface area contributed by atoms with Gasteiger partial charge in [0.2, 0.25) is 5.91 Å². The molecule has 2 N–H and O–H groups in total. The Balaban J connectivity index is 2.63. The molecule has 6 nitrogen and oxygen atoms in total. The molecule has 35 heavy (non-hydrogen) atoms. The van der Waals surface area contributed by atoms with Crippen LogP contribution in [0.2, 0.25) is 43.8 Å². The normalized spacial score (nSPS) is 29.7. The van der Waals surface area contributed by atoms with E-state index in [1.54, 1.807) is 6.92 Å². The fourth-order valence-electron chi connectivity index (χ4n) is 5.23. The van der Waals surface area contributed by atoms with Crippen LogP contribution in [0.5, 0.6) is 0 Å². The molecule has 0 aromatic carbocycles. The highest BCUT2D eigenvalue weighted by Crippen LogP contribution is 2.49. The number of rotatable bonds is 10. The van der Waals surface area contributed by atoms with Crippen molar-refractivity contribution >= 4 is 39.9 Å². The highest BCUT2D eigenvalue weighted by molar-refractivity contribution is 6.76. The molecule has 1 aliphatic carbocycles. The van der Waals surface area contributed by atoms with Gasteiger partial charge in [-0.1, -0.05) is 59.7 Å². The minimum Gasteiger partial charge on any atom is -0.464 e. The lowest BCUT2D eigenvalue weighted by Crippen LogP contribution is -2.73. The van der Waals surface area contributed by atoms with E-state index >= 15 is 0 Å². The van der Waals surface area contributed by atoms with Gasteiger partial charge >= 0.3 is 5.97 Å². The van der Waals surface area contributed by atoms with E-state index in [9.17, 15) is 14.7 Å². The van der Waals surface area contributed by atoms with E-state index < -0.39 is 45.5 Å². The molecule has 0 unspecified atom stereocenters. The zero-order valence-corrected chi connectivity index (χ0v) is 26.3. The molecule has 4 atom stereocenters. The van der Waals surface area contributed by atoms with Gasteiger partial charge in [0.1, 0.15) is 5.60 Å². The zero-order chi connectivity index (χ0) is 26.9. The lowest BCUT2D eigenvalue weighted by molar-refractivity contribution is -0.176. The number of halogens is 1. The molecule has 9 heteroatoms. The first-order valence-corrected chi connectivity index (χ1v) is 20.5. The second kappa shape index (κ2) is 11.1. The Hall–Kier alpha value is -0.416. The van der Waals surface area contributed by atoms with E-state index in [1.165, 1.54) is 0 Å². The highest BCUT2D eigenvalue weighted by atomic mass is 35.5. The first kappa shape index (κ1) is 30.8. The summed E-state index contributed by atoms with van der Waals surface area (Å²) in [5.41, 5.74) is -3.36. The summed E-state index contributed by atoms with van der Waals surface area (Å²) in [7, 11) is -3.84. The largest absolute Gasteiger partial charge is 0.464 e. The second-order valence-electron chi connectivity index (χ2n) is 13.6. The Kier molecular flexibility index (Phi) is 9.80. The molecule has 0 bridgehead atoms. The summed E-state index contributed by atoms with van der Waals surface area (Å²) in [6.45, 7) is 19.4. The Labute approximate surface area is 220 Å². The Morgan fingerprint density at radius 1 is 1.17 bits per heavy atom. The molecule has 1 amide bonds. The fourth-order valence-corrected chi connectivity index (χ4v) is 7.52. The topological polar surface area (TPSA) is 84.9 Å². The van der Waals surface area contributed by atoms with Crippen LogP contribution in [0.4, 0.5) is 0 Å². The van der Waals surface area contributed by atoms with Crippen molar-refractivity contribution in [3.8, 4) is 0 Å². The van der Waals surface area contributed by atoms with E-state index in [1.807, 2.05) is 0 Å². The van der Waals surface area contributed by atoms with Gasteiger partial charge in [0.05, 0.1) is 18.6 Å². The molecule has 1 aliphatic heterocycles. The molecule has 0 spiro atoms. The number of carbonyl (C=O) groups is 2. The first-order chi connectivity index (χ1) is 15.9. The van der Waals surface area contributed by atoms with Gasteiger partial charge in [-0.15, -0.1) is 11.6 Å². The quantitative estimate of drug-likeness (QED) is 0.208. The third-order valence-corrected chi connectivity index (χ3v) is 15.0. The standard InChI is InChI=1S/C26H50ClNO5Si2/c1-24(2,3)35(8,9)33-21(19-13-11-10-12-14-19)26(23(30)32-17-18-34(5,6)7)25(4,31)20(15-16-27)22(29)28-26/h19-21,31H,10-18H2,1-9H3,(H,28,29)/t20-,21-,25-,26-/m0/s1. The van der Waals surface area contributed by atoms with Crippen molar-refractivity contribution in [2.24, 2.45) is 11.8 Å². The van der Waals surface area contributed by atoms with Gasteiger partial charge in [0.25, 0.3) is 0 Å². The van der Waals surface area contributed by atoms with E-state index in [4.69, 9.17) is 20.8 Å². The Morgan fingerprint density at radius 2 is 1.74 bits per heavy atom.